The summed E-state index contributed by atoms with van der Waals surface area (Å²) in [5, 5.41) is 11.8. The van der Waals surface area contributed by atoms with Crippen LogP contribution in [0.5, 0.6) is 0 Å². The molecule has 0 aliphatic carbocycles. The Kier molecular flexibility index (Phi) is 6.15. The van der Waals surface area contributed by atoms with E-state index in [1.54, 1.807) is 18.4 Å². The second-order valence-electron chi connectivity index (χ2n) is 6.32. The van der Waals surface area contributed by atoms with Crippen molar-refractivity contribution in [2.75, 3.05) is 11.1 Å². The third-order valence-electron chi connectivity index (χ3n) is 4.18. The van der Waals surface area contributed by atoms with E-state index in [0.29, 0.717) is 23.3 Å². The molecule has 6 nitrogen and oxygen atoms in total. The van der Waals surface area contributed by atoms with Crippen LogP contribution in [0, 0.1) is 5.82 Å². The molecule has 4 aromatic rings. The fraction of sp³-hybridized carbons (Fsp3) is 0.0952. The first-order valence-electron chi connectivity index (χ1n) is 8.99. The molecule has 0 saturated heterocycles. The van der Waals surface area contributed by atoms with Gasteiger partial charge in [-0.15, -0.1) is 10.2 Å². The molecule has 1 amide bonds. The van der Waals surface area contributed by atoms with E-state index in [1.807, 2.05) is 34.9 Å². The maximum Gasteiger partial charge on any atom is 0.234 e. The molecule has 0 spiro atoms. The molecule has 4 rings (SSSR count). The lowest BCUT2D eigenvalue weighted by Crippen LogP contribution is -2.15. The topological polar surface area (TPSA) is 73.0 Å². The lowest BCUT2D eigenvalue weighted by atomic mass is 10.2. The summed E-state index contributed by atoms with van der Waals surface area (Å²) in [6.07, 6.45) is 1.57. The Hall–Kier alpha value is -3.10. The minimum atomic E-state index is -0.590. The molecule has 0 aliphatic heterocycles. The first-order chi connectivity index (χ1) is 14.6. The van der Waals surface area contributed by atoms with Crippen LogP contribution in [0.2, 0.25) is 5.02 Å². The molecule has 152 valence electrons. The Morgan fingerprint density at radius 1 is 1.13 bits per heavy atom. The quantitative estimate of drug-likeness (QED) is 0.402. The number of amides is 1. The number of thioether (sulfide) groups is 1. The summed E-state index contributed by atoms with van der Waals surface area (Å²) in [6, 6.07) is 17.5. The number of carbonyl (C=O) groups is 1. The van der Waals surface area contributed by atoms with Gasteiger partial charge in [0.15, 0.2) is 10.9 Å². The highest BCUT2D eigenvalue weighted by atomic mass is 35.5. The molecule has 2 heterocycles. The standard InChI is InChI=1S/C21H16ClFN4O2S/c22-15-8-9-17(16(23)11-15)24-19(28)13-30-21-26-25-20(18-7-4-10-29-18)27(21)12-14-5-2-1-3-6-14/h1-11H,12-13H2,(H,24,28). The number of aromatic nitrogens is 3. The van der Waals surface area contributed by atoms with Gasteiger partial charge < -0.3 is 9.73 Å². The van der Waals surface area contributed by atoms with Crippen LogP contribution >= 0.6 is 23.4 Å². The van der Waals surface area contributed by atoms with Gasteiger partial charge in [0.25, 0.3) is 0 Å². The van der Waals surface area contributed by atoms with Gasteiger partial charge in [-0.25, -0.2) is 4.39 Å². The van der Waals surface area contributed by atoms with Crippen LogP contribution in [0.3, 0.4) is 0 Å². The molecule has 0 atom stereocenters. The third-order valence-corrected chi connectivity index (χ3v) is 5.38. The summed E-state index contributed by atoms with van der Waals surface area (Å²) in [5.41, 5.74) is 1.13. The minimum absolute atomic E-state index is 0.0349. The summed E-state index contributed by atoms with van der Waals surface area (Å²) >= 11 is 6.95. The van der Waals surface area contributed by atoms with Crippen molar-refractivity contribution in [2.24, 2.45) is 0 Å². The zero-order valence-electron chi connectivity index (χ0n) is 15.6. The molecule has 0 unspecified atom stereocenters. The van der Waals surface area contributed by atoms with Crippen LogP contribution in [0.15, 0.2) is 76.5 Å². The zero-order valence-corrected chi connectivity index (χ0v) is 17.2. The van der Waals surface area contributed by atoms with E-state index in [-0.39, 0.29) is 22.4 Å². The van der Waals surface area contributed by atoms with Gasteiger partial charge in [0.2, 0.25) is 11.7 Å². The highest BCUT2D eigenvalue weighted by Crippen LogP contribution is 2.26. The van der Waals surface area contributed by atoms with Gasteiger partial charge in [0.1, 0.15) is 5.82 Å². The molecule has 0 fully saturated rings. The van der Waals surface area contributed by atoms with Crippen molar-refractivity contribution in [1.82, 2.24) is 14.8 Å². The number of hydrogen-bond donors (Lipinski definition) is 1. The van der Waals surface area contributed by atoms with Crippen molar-refractivity contribution in [3.8, 4) is 11.6 Å². The molecule has 0 radical (unpaired) electrons. The number of benzene rings is 2. The van der Waals surface area contributed by atoms with E-state index >= 15 is 0 Å². The van der Waals surface area contributed by atoms with Crippen molar-refractivity contribution in [2.45, 2.75) is 11.7 Å². The third kappa shape index (κ3) is 4.72. The van der Waals surface area contributed by atoms with Gasteiger partial charge in [-0.2, -0.15) is 0 Å². The monoisotopic (exact) mass is 442 g/mol. The summed E-state index contributed by atoms with van der Waals surface area (Å²) < 4.78 is 21.3. The van der Waals surface area contributed by atoms with E-state index in [9.17, 15) is 9.18 Å². The van der Waals surface area contributed by atoms with Crippen LogP contribution in [0.1, 0.15) is 5.56 Å². The second kappa shape index (κ2) is 9.15. The number of nitrogens with one attached hydrogen (secondary N) is 1. The summed E-state index contributed by atoms with van der Waals surface area (Å²) in [7, 11) is 0. The predicted molar refractivity (Wildman–Crippen MR) is 114 cm³/mol. The number of furan rings is 1. The number of carbonyl (C=O) groups excluding carboxylic acids is 1. The van der Waals surface area contributed by atoms with Crippen molar-refractivity contribution in [3.63, 3.8) is 0 Å². The van der Waals surface area contributed by atoms with Gasteiger partial charge in [0.05, 0.1) is 24.2 Å². The van der Waals surface area contributed by atoms with E-state index in [2.05, 4.69) is 15.5 Å². The molecule has 30 heavy (non-hydrogen) atoms. The fourth-order valence-corrected chi connectivity index (χ4v) is 3.70. The SMILES string of the molecule is O=C(CSc1nnc(-c2ccco2)n1Cc1ccccc1)Nc1ccc(Cl)cc1F. The van der Waals surface area contributed by atoms with Crippen molar-refractivity contribution >= 4 is 35.0 Å². The smallest absolute Gasteiger partial charge is 0.234 e. The predicted octanol–water partition coefficient (Wildman–Crippen LogP) is 5.11. The van der Waals surface area contributed by atoms with Gasteiger partial charge in [-0.1, -0.05) is 53.7 Å². The first-order valence-corrected chi connectivity index (χ1v) is 10.4. The lowest BCUT2D eigenvalue weighted by molar-refractivity contribution is -0.113. The zero-order chi connectivity index (χ0) is 20.9. The molecular weight excluding hydrogens is 427 g/mol. The van der Waals surface area contributed by atoms with Gasteiger partial charge in [-0.05, 0) is 35.9 Å². The molecule has 0 aliphatic rings. The maximum atomic E-state index is 13.9. The van der Waals surface area contributed by atoms with Crippen LogP contribution in [-0.4, -0.2) is 26.4 Å². The van der Waals surface area contributed by atoms with Crippen LogP contribution in [0.25, 0.3) is 11.6 Å². The number of nitrogens with zero attached hydrogens (tertiary/aromatic N) is 3. The van der Waals surface area contributed by atoms with Crippen LogP contribution < -0.4 is 5.32 Å². The highest BCUT2D eigenvalue weighted by molar-refractivity contribution is 7.99. The molecule has 1 N–H and O–H groups in total. The molecule has 0 saturated carbocycles. The first kappa shape index (κ1) is 20.2. The van der Waals surface area contributed by atoms with Gasteiger partial charge >= 0.3 is 0 Å². The average molecular weight is 443 g/mol. The van der Waals surface area contributed by atoms with Crippen LogP contribution in [0.4, 0.5) is 10.1 Å². The second-order valence-corrected chi connectivity index (χ2v) is 7.70. The average Bonchev–Trinajstić information content (AvgIpc) is 3.39. The Balaban J connectivity index is 1.51. The van der Waals surface area contributed by atoms with E-state index in [1.165, 1.54) is 23.9 Å². The Labute approximate surface area is 181 Å². The summed E-state index contributed by atoms with van der Waals surface area (Å²) in [5.74, 6) is 0.226. The highest BCUT2D eigenvalue weighted by Gasteiger charge is 2.18. The van der Waals surface area contributed by atoms with Gasteiger partial charge in [0, 0.05) is 5.02 Å². The van der Waals surface area contributed by atoms with Crippen LogP contribution in [-0.2, 0) is 11.3 Å². The van der Waals surface area contributed by atoms with E-state index in [0.717, 1.165) is 11.6 Å². The molecule has 2 aromatic carbocycles. The number of hydrogen-bond acceptors (Lipinski definition) is 5. The summed E-state index contributed by atoms with van der Waals surface area (Å²) in [4.78, 5) is 12.3. The Morgan fingerprint density at radius 2 is 1.97 bits per heavy atom. The van der Waals surface area contributed by atoms with Crippen molar-refractivity contribution in [3.05, 3.63) is 83.3 Å². The Bertz CT molecular complexity index is 1150. The minimum Gasteiger partial charge on any atom is -0.461 e. The van der Waals surface area contributed by atoms with Crippen molar-refractivity contribution < 1.29 is 13.6 Å². The Morgan fingerprint density at radius 3 is 2.70 bits per heavy atom. The largest absolute Gasteiger partial charge is 0.461 e. The van der Waals surface area contributed by atoms with E-state index < -0.39 is 5.82 Å². The summed E-state index contributed by atoms with van der Waals surface area (Å²) in [6.45, 7) is 0.514. The number of rotatable bonds is 7. The number of anilines is 1. The molecule has 9 heteroatoms. The molecule has 0 bridgehead atoms. The molecular formula is C21H16ClFN4O2S. The van der Waals surface area contributed by atoms with Gasteiger partial charge in [-0.3, -0.25) is 9.36 Å². The normalized spacial score (nSPS) is 10.9. The molecule has 2 aromatic heterocycles. The fourth-order valence-electron chi connectivity index (χ4n) is 2.80. The maximum absolute atomic E-state index is 13.9. The number of halogens is 2. The van der Waals surface area contributed by atoms with Crippen molar-refractivity contribution in [1.29, 1.82) is 0 Å². The van der Waals surface area contributed by atoms with E-state index in [4.69, 9.17) is 16.0 Å². The lowest BCUT2D eigenvalue weighted by Gasteiger charge is -2.10.